The van der Waals surface area contributed by atoms with Gasteiger partial charge in [-0.3, -0.25) is 9.59 Å². The Balaban J connectivity index is 1.50. The zero-order valence-corrected chi connectivity index (χ0v) is 14.6. The SMILES string of the molecule is CC(C)Oc1ccc(CNC(=O)C(=O)Nc2ccc3c(c2)OCO3)cc1. The molecule has 0 saturated carbocycles. The Hall–Kier alpha value is -3.22. The number of amides is 2. The number of fused-ring (bicyclic) bond motifs is 1. The molecular weight excluding hydrogens is 336 g/mol. The Morgan fingerprint density at radius 1 is 1.04 bits per heavy atom. The van der Waals surface area contributed by atoms with E-state index in [1.807, 2.05) is 38.1 Å². The minimum Gasteiger partial charge on any atom is -0.491 e. The van der Waals surface area contributed by atoms with E-state index in [9.17, 15) is 9.59 Å². The van der Waals surface area contributed by atoms with Crippen LogP contribution in [-0.4, -0.2) is 24.7 Å². The maximum Gasteiger partial charge on any atom is 0.313 e. The van der Waals surface area contributed by atoms with Crippen LogP contribution in [0.1, 0.15) is 19.4 Å². The Kier molecular flexibility index (Phi) is 5.26. The van der Waals surface area contributed by atoms with Crippen molar-refractivity contribution >= 4 is 17.5 Å². The van der Waals surface area contributed by atoms with E-state index < -0.39 is 11.8 Å². The summed E-state index contributed by atoms with van der Waals surface area (Å²) in [6.45, 7) is 4.29. The van der Waals surface area contributed by atoms with E-state index in [1.54, 1.807) is 18.2 Å². The molecule has 2 N–H and O–H groups in total. The molecule has 2 amide bonds. The summed E-state index contributed by atoms with van der Waals surface area (Å²) in [4.78, 5) is 24.0. The molecule has 0 radical (unpaired) electrons. The van der Waals surface area contributed by atoms with Crippen LogP contribution in [0.5, 0.6) is 17.2 Å². The number of hydrogen-bond acceptors (Lipinski definition) is 5. The largest absolute Gasteiger partial charge is 0.491 e. The first-order valence-electron chi connectivity index (χ1n) is 8.25. The van der Waals surface area contributed by atoms with Gasteiger partial charge in [0.05, 0.1) is 6.10 Å². The average Bonchev–Trinajstić information content (AvgIpc) is 3.08. The van der Waals surface area contributed by atoms with Crippen molar-refractivity contribution in [3.8, 4) is 17.2 Å². The third kappa shape index (κ3) is 4.44. The lowest BCUT2D eigenvalue weighted by Crippen LogP contribution is -2.34. The Labute approximate surface area is 151 Å². The van der Waals surface area contributed by atoms with Gasteiger partial charge in [-0.05, 0) is 43.7 Å². The molecule has 0 fully saturated rings. The highest BCUT2D eigenvalue weighted by Gasteiger charge is 2.17. The van der Waals surface area contributed by atoms with Crippen molar-refractivity contribution < 1.29 is 23.8 Å². The minimum absolute atomic E-state index is 0.0976. The zero-order valence-electron chi connectivity index (χ0n) is 14.6. The summed E-state index contributed by atoms with van der Waals surface area (Å²) >= 11 is 0. The first-order valence-corrected chi connectivity index (χ1v) is 8.25. The van der Waals surface area contributed by atoms with E-state index >= 15 is 0 Å². The minimum atomic E-state index is -0.747. The first-order chi connectivity index (χ1) is 12.5. The zero-order chi connectivity index (χ0) is 18.5. The van der Waals surface area contributed by atoms with Crippen LogP contribution in [0, 0.1) is 0 Å². The van der Waals surface area contributed by atoms with E-state index in [0.29, 0.717) is 17.2 Å². The van der Waals surface area contributed by atoms with Crippen LogP contribution in [-0.2, 0) is 16.1 Å². The fraction of sp³-hybridized carbons (Fsp3) is 0.263. The molecule has 2 aromatic carbocycles. The highest BCUT2D eigenvalue weighted by atomic mass is 16.7. The van der Waals surface area contributed by atoms with Gasteiger partial charge in [0.2, 0.25) is 6.79 Å². The molecule has 0 unspecified atom stereocenters. The summed E-state index contributed by atoms with van der Waals surface area (Å²) in [5, 5.41) is 5.12. The molecule has 0 aliphatic carbocycles. The Morgan fingerprint density at radius 3 is 2.50 bits per heavy atom. The topological polar surface area (TPSA) is 85.9 Å². The summed E-state index contributed by atoms with van der Waals surface area (Å²) in [6.07, 6.45) is 0.0976. The lowest BCUT2D eigenvalue weighted by atomic mass is 10.2. The number of hydrogen-bond donors (Lipinski definition) is 2. The quantitative estimate of drug-likeness (QED) is 0.804. The molecular formula is C19H20N2O5. The number of rotatable bonds is 5. The van der Waals surface area contributed by atoms with Gasteiger partial charge in [-0.15, -0.1) is 0 Å². The second-order valence-electron chi connectivity index (χ2n) is 6.02. The molecule has 0 saturated heterocycles. The van der Waals surface area contributed by atoms with Crippen molar-refractivity contribution in [3.63, 3.8) is 0 Å². The third-order valence-corrected chi connectivity index (χ3v) is 3.58. The standard InChI is InChI=1S/C19H20N2O5/c1-12(2)26-15-6-3-13(4-7-15)10-20-18(22)19(23)21-14-5-8-16-17(9-14)25-11-24-16/h3-9,12H,10-11H2,1-2H3,(H,20,22)(H,21,23). The molecule has 136 valence electrons. The molecule has 1 heterocycles. The second-order valence-corrected chi connectivity index (χ2v) is 6.02. The van der Waals surface area contributed by atoms with E-state index in [1.165, 1.54) is 0 Å². The highest BCUT2D eigenvalue weighted by molar-refractivity contribution is 6.39. The van der Waals surface area contributed by atoms with E-state index in [-0.39, 0.29) is 19.4 Å². The molecule has 26 heavy (non-hydrogen) atoms. The van der Waals surface area contributed by atoms with Crippen molar-refractivity contribution in [3.05, 3.63) is 48.0 Å². The molecule has 0 bridgehead atoms. The molecule has 0 aromatic heterocycles. The fourth-order valence-electron chi connectivity index (χ4n) is 2.38. The van der Waals surface area contributed by atoms with E-state index in [2.05, 4.69) is 10.6 Å². The maximum atomic E-state index is 12.0. The predicted molar refractivity (Wildman–Crippen MR) is 95.2 cm³/mol. The summed E-state index contributed by atoms with van der Waals surface area (Å²) in [7, 11) is 0. The van der Waals surface area contributed by atoms with Gasteiger partial charge in [0.1, 0.15) is 5.75 Å². The molecule has 1 aliphatic rings. The summed E-state index contributed by atoms with van der Waals surface area (Å²) in [5.41, 5.74) is 1.33. The molecule has 7 nitrogen and oxygen atoms in total. The molecule has 1 aliphatic heterocycles. The monoisotopic (exact) mass is 356 g/mol. The number of ether oxygens (including phenoxy) is 3. The van der Waals surface area contributed by atoms with Crippen LogP contribution >= 0.6 is 0 Å². The molecule has 2 aromatic rings. The maximum absolute atomic E-state index is 12.0. The number of nitrogens with one attached hydrogen (secondary N) is 2. The van der Waals surface area contributed by atoms with Crippen LogP contribution in [0.4, 0.5) is 5.69 Å². The van der Waals surface area contributed by atoms with Crippen LogP contribution in [0.2, 0.25) is 0 Å². The lowest BCUT2D eigenvalue weighted by molar-refractivity contribution is -0.136. The van der Waals surface area contributed by atoms with Crippen molar-refractivity contribution in [1.29, 1.82) is 0 Å². The van der Waals surface area contributed by atoms with Crippen LogP contribution in [0.15, 0.2) is 42.5 Å². The Bertz CT molecular complexity index is 802. The van der Waals surface area contributed by atoms with Gasteiger partial charge in [-0.25, -0.2) is 0 Å². The lowest BCUT2D eigenvalue weighted by Gasteiger charge is -2.10. The first kappa shape index (κ1) is 17.6. The molecule has 0 atom stereocenters. The number of carbonyl (C=O) groups excluding carboxylic acids is 2. The van der Waals surface area contributed by atoms with Crippen molar-refractivity contribution in [2.75, 3.05) is 12.1 Å². The average molecular weight is 356 g/mol. The van der Waals surface area contributed by atoms with Gasteiger partial charge < -0.3 is 24.8 Å². The van der Waals surface area contributed by atoms with Crippen molar-refractivity contribution in [2.45, 2.75) is 26.5 Å². The van der Waals surface area contributed by atoms with Gasteiger partial charge in [0.25, 0.3) is 0 Å². The summed E-state index contributed by atoms with van der Waals surface area (Å²) in [6, 6.07) is 12.3. The van der Waals surface area contributed by atoms with Crippen LogP contribution < -0.4 is 24.8 Å². The van der Waals surface area contributed by atoms with Gasteiger partial charge in [0, 0.05) is 18.3 Å². The van der Waals surface area contributed by atoms with Gasteiger partial charge in [-0.1, -0.05) is 12.1 Å². The van der Waals surface area contributed by atoms with Crippen molar-refractivity contribution in [2.24, 2.45) is 0 Å². The van der Waals surface area contributed by atoms with Crippen molar-refractivity contribution in [1.82, 2.24) is 5.32 Å². The third-order valence-electron chi connectivity index (χ3n) is 3.58. The number of carbonyl (C=O) groups is 2. The van der Waals surface area contributed by atoms with Gasteiger partial charge in [-0.2, -0.15) is 0 Å². The summed E-state index contributed by atoms with van der Waals surface area (Å²) in [5.74, 6) is 0.439. The fourth-order valence-corrected chi connectivity index (χ4v) is 2.38. The highest BCUT2D eigenvalue weighted by Crippen LogP contribution is 2.34. The summed E-state index contributed by atoms with van der Waals surface area (Å²) < 4.78 is 16.0. The van der Waals surface area contributed by atoms with Gasteiger partial charge in [0.15, 0.2) is 11.5 Å². The van der Waals surface area contributed by atoms with Crippen LogP contribution in [0.25, 0.3) is 0 Å². The smallest absolute Gasteiger partial charge is 0.313 e. The second kappa shape index (κ2) is 7.77. The molecule has 0 spiro atoms. The molecule has 7 heteroatoms. The van der Waals surface area contributed by atoms with E-state index in [4.69, 9.17) is 14.2 Å². The molecule has 3 rings (SSSR count). The predicted octanol–water partition coefficient (Wildman–Crippen LogP) is 2.46. The van der Waals surface area contributed by atoms with E-state index in [0.717, 1.165) is 11.3 Å². The van der Waals surface area contributed by atoms with Crippen LogP contribution in [0.3, 0.4) is 0 Å². The normalized spacial score (nSPS) is 12.0. The van der Waals surface area contributed by atoms with Gasteiger partial charge >= 0.3 is 11.8 Å². The Morgan fingerprint density at radius 2 is 1.77 bits per heavy atom. The number of anilines is 1. The number of benzene rings is 2.